The van der Waals surface area contributed by atoms with Crippen LogP contribution in [0.4, 0.5) is 5.69 Å². The van der Waals surface area contributed by atoms with Gasteiger partial charge in [0.25, 0.3) is 5.69 Å². The second kappa shape index (κ2) is 8.81. The van der Waals surface area contributed by atoms with Gasteiger partial charge in [-0.1, -0.05) is 0 Å². The largest absolute Gasteiger partial charge is 0.491 e. The van der Waals surface area contributed by atoms with Crippen LogP contribution in [0.2, 0.25) is 0 Å². The van der Waals surface area contributed by atoms with E-state index >= 15 is 0 Å². The molecule has 0 aliphatic carbocycles. The maximum atomic E-state index is 11.3. The van der Waals surface area contributed by atoms with Crippen molar-refractivity contribution in [3.8, 4) is 17.0 Å². The molecule has 8 nitrogen and oxygen atoms in total. The van der Waals surface area contributed by atoms with Crippen molar-refractivity contribution < 1.29 is 9.66 Å². The average Bonchev–Trinajstić information content (AvgIpc) is 2.88. The minimum atomic E-state index is -0.364. The van der Waals surface area contributed by atoms with Crippen molar-refractivity contribution in [3.63, 3.8) is 0 Å². The van der Waals surface area contributed by atoms with Gasteiger partial charge in [0, 0.05) is 31.3 Å². The van der Waals surface area contributed by atoms with Crippen LogP contribution in [0, 0.1) is 10.1 Å². The fraction of sp³-hybridized carbons (Fsp3) is 0.409. The Morgan fingerprint density at radius 3 is 2.70 bits per heavy atom. The van der Waals surface area contributed by atoms with E-state index < -0.39 is 0 Å². The fourth-order valence-corrected chi connectivity index (χ4v) is 3.81. The van der Waals surface area contributed by atoms with Crippen LogP contribution in [0.25, 0.3) is 16.9 Å². The van der Waals surface area contributed by atoms with Crippen molar-refractivity contribution in [2.45, 2.75) is 32.9 Å². The van der Waals surface area contributed by atoms with Gasteiger partial charge in [0.05, 0.1) is 28.6 Å². The predicted molar refractivity (Wildman–Crippen MR) is 116 cm³/mol. The van der Waals surface area contributed by atoms with Crippen molar-refractivity contribution in [2.24, 2.45) is 0 Å². The standard InChI is InChI=1S/C22H27N5O3/c1-16(2)30-19-7-4-17(5-8-19)22-20(15-25-12-3-10-23-11-13-25)26-14-18(27(28)29)6-9-21(26)24-22/h4-9,14,16,23H,3,10-13,15H2,1-2H3. The van der Waals surface area contributed by atoms with E-state index in [1.54, 1.807) is 12.3 Å². The van der Waals surface area contributed by atoms with Gasteiger partial charge in [0.2, 0.25) is 0 Å². The molecule has 1 aliphatic heterocycles. The lowest BCUT2D eigenvalue weighted by Gasteiger charge is -2.20. The predicted octanol–water partition coefficient (Wildman–Crippen LogP) is 3.49. The molecule has 1 saturated heterocycles. The Balaban J connectivity index is 1.76. The molecule has 30 heavy (non-hydrogen) atoms. The molecule has 4 rings (SSSR count). The molecule has 0 unspecified atom stereocenters. The zero-order chi connectivity index (χ0) is 21.1. The molecule has 1 fully saturated rings. The molecule has 1 aliphatic rings. The SMILES string of the molecule is CC(C)Oc1ccc(-c2nc3ccc([N+](=O)[O-])cn3c2CN2CCCNCC2)cc1. The van der Waals surface area contributed by atoms with Gasteiger partial charge in [-0.2, -0.15) is 0 Å². The third-order valence-corrected chi connectivity index (χ3v) is 5.22. The topological polar surface area (TPSA) is 84.9 Å². The van der Waals surface area contributed by atoms with Crippen LogP contribution in [0.1, 0.15) is 26.0 Å². The van der Waals surface area contributed by atoms with E-state index in [2.05, 4.69) is 10.2 Å². The van der Waals surface area contributed by atoms with Crippen LogP contribution >= 0.6 is 0 Å². The summed E-state index contributed by atoms with van der Waals surface area (Å²) in [4.78, 5) is 18.2. The van der Waals surface area contributed by atoms with Crippen molar-refractivity contribution >= 4 is 11.3 Å². The Morgan fingerprint density at radius 1 is 1.17 bits per heavy atom. The van der Waals surface area contributed by atoms with Gasteiger partial charge in [-0.25, -0.2) is 4.98 Å². The molecule has 0 amide bonds. The van der Waals surface area contributed by atoms with E-state index in [1.165, 1.54) is 6.07 Å². The van der Waals surface area contributed by atoms with E-state index in [4.69, 9.17) is 9.72 Å². The highest BCUT2D eigenvalue weighted by Crippen LogP contribution is 2.29. The zero-order valence-electron chi connectivity index (χ0n) is 17.4. The lowest BCUT2D eigenvalue weighted by Crippen LogP contribution is -2.28. The van der Waals surface area contributed by atoms with Gasteiger partial charge in [0.15, 0.2) is 0 Å². The van der Waals surface area contributed by atoms with Crippen molar-refractivity contribution in [2.75, 3.05) is 26.2 Å². The van der Waals surface area contributed by atoms with Gasteiger partial charge < -0.3 is 10.1 Å². The number of nitrogens with one attached hydrogen (secondary N) is 1. The van der Waals surface area contributed by atoms with Crippen LogP contribution in [-0.4, -0.2) is 51.5 Å². The number of benzene rings is 1. The number of hydrogen-bond donors (Lipinski definition) is 1. The van der Waals surface area contributed by atoms with E-state index in [-0.39, 0.29) is 16.7 Å². The number of aromatic nitrogens is 2. The fourth-order valence-electron chi connectivity index (χ4n) is 3.81. The monoisotopic (exact) mass is 409 g/mol. The minimum Gasteiger partial charge on any atom is -0.491 e. The summed E-state index contributed by atoms with van der Waals surface area (Å²) in [7, 11) is 0. The first-order chi connectivity index (χ1) is 14.5. The van der Waals surface area contributed by atoms with E-state index in [0.717, 1.165) is 55.3 Å². The molecule has 0 saturated carbocycles. The van der Waals surface area contributed by atoms with Crippen molar-refractivity contribution in [1.82, 2.24) is 19.6 Å². The first-order valence-corrected chi connectivity index (χ1v) is 10.4. The second-order valence-electron chi connectivity index (χ2n) is 7.85. The molecule has 0 atom stereocenters. The number of hydrogen-bond acceptors (Lipinski definition) is 6. The van der Waals surface area contributed by atoms with Gasteiger partial charge in [-0.3, -0.25) is 19.4 Å². The summed E-state index contributed by atoms with van der Waals surface area (Å²) >= 11 is 0. The summed E-state index contributed by atoms with van der Waals surface area (Å²) in [5.41, 5.74) is 3.56. The number of nitrogens with zero attached hydrogens (tertiary/aromatic N) is 4. The molecule has 0 radical (unpaired) electrons. The van der Waals surface area contributed by atoms with E-state index in [1.807, 2.05) is 42.5 Å². The Kier molecular flexibility index (Phi) is 5.96. The van der Waals surface area contributed by atoms with Crippen LogP contribution in [0.15, 0.2) is 42.6 Å². The lowest BCUT2D eigenvalue weighted by atomic mass is 10.1. The number of nitro groups is 1. The normalized spacial score (nSPS) is 15.4. The highest BCUT2D eigenvalue weighted by Gasteiger charge is 2.20. The first kappa shape index (κ1) is 20.3. The molecule has 3 heterocycles. The third kappa shape index (κ3) is 4.44. The molecule has 8 heteroatoms. The lowest BCUT2D eigenvalue weighted by molar-refractivity contribution is -0.385. The number of imidazole rings is 1. The Bertz CT molecular complexity index is 1020. The maximum Gasteiger partial charge on any atom is 0.286 e. The smallest absolute Gasteiger partial charge is 0.286 e. The second-order valence-corrected chi connectivity index (χ2v) is 7.85. The molecular weight excluding hydrogens is 382 g/mol. The summed E-state index contributed by atoms with van der Waals surface area (Å²) in [6.07, 6.45) is 2.76. The molecule has 2 aromatic heterocycles. The molecule has 0 bridgehead atoms. The number of rotatable bonds is 6. The van der Waals surface area contributed by atoms with E-state index in [9.17, 15) is 10.1 Å². The summed E-state index contributed by atoms with van der Waals surface area (Å²) < 4.78 is 7.62. The molecule has 158 valence electrons. The van der Waals surface area contributed by atoms with Gasteiger partial charge in [-0.05, 0) is 63.7 Å². The maximum absolute atomic E-state index is 11.3. The molecule has 3 aromatic rings. The van der Waals surface area contributed by atoms with Gasteiger partial charge in [-0.15, -0.1) is 0 Å². The van der Waals surface area contributed by atoms with Crippen LogP contribution < -0.4 is 10.1 Å². The molecule has 1 N–H and O–H groups in total. The highest BCUT2D eigenvalue weighted by molar-refractivity contribution is 5.67. The van der Waals surface area contributed by atoms with Crippen LogP contribution in [0.3, 0.4) is 0 Å². The minimum absolute atomic E-state index is 0.0610. The van der Waals surface area contributed by atoms with Crippen LogP contribution in [0.5, 0.6) is 5.75 Å². The summed E-state index contributed by atoms with van der Waals surface area (Å²) in [5, 5.41) is 14.8. The Morgan fingerprint density at radius 2 is 1.97 bits per heavy atom. The summed E-state index contributed by atoms with van der Waals surface area (Å²) in [5.74, 6) is 0.813. The van der Waals surface area contributed by atoms with Gasteiger partial charge >= 0.3 is 0 Å². The summed E-state index contributed by atoms with van der Waals surface area (Å²) in [6, 6.07) is 11.1. The Labute approximate surface area is 175 Å². The number of fused-ring (bicyclic) bond motifs is 1. The van der Waals surface area contributed by atoms with Crippen molar-refractivity contribution in [3.05, 3.63) is 58.4 Å². The molecule has 0 spiro atoms. The van der Waals surface area contributed by atoms with Crippen molar-refractivity contribution in [1.29, 1.82) is 0 Å². The Hall–Kier alpha value is -2.97. The first-order valence-electron chi connectivity index (χ1n) is 10.4. The average molecular weight is 409 g/mol. The zero-order valence-corrected chi connectivity index (χ0v) is 17.4. The summed E-state index contributed by atoms with van der Waals surface area (Å²) in [6.45, 7) is 8.54. The highest BCUT2D eigenvalue weighted by atomic mass is 16.6. The molecule has 1 aromatic carbocycles. The quantitative estimate of drug-likeness (QED) is 0.496. The molecular formula is C22H27N5O3. The van der Waals surface area contributed by atoms with Crippen LogP contribution in [-0.2, 0) is 6.54 Å². The van der Waals surface area contributed by atoms with E-state index in [0.29, 0.717) is 12.2 Å². The number of pyridine rings is 1. The third-order valence-electron chi connectivity index (χ3n) is 5.22. The number of ether oxygens (including phenoxy) is 1. The van der Waals surface area contributed by atoms with Gasteiger partial charge in [0.1, 0.15) is 11.4 Å².